The van der Waals surface area contributed by atoms with Gasteiger partial charge in [-0.15, -0.1) is 0 Å². The average molecular weight is 492 g/mol. The van der Waals surface area contributed by atoms with Crippen LogP contribution in [0.5, 0.6) is 5.75 Å². The quantitative estimate of drug-likeness (QED) is 0.335. The molecule has 2 heterocycles. The minimum Gasteiger partial charge on any atom is -0.497 e. The second-order valence-corrected chi connectivity index (χ2v) is 8.75. The molecule has 0 radical (unpaired) electrons. The molecule has 35 heavy (non-hydrogen) atoms. The third-order valence-electron chi connectivity index (χ3n) is 6.14. The zero-order valence-corrected chi connectivity index (χ0v) is 20.7. The Kier molecular flexibility index (Phi) is 7.51. The van der Waals surface area contributed by atoms with E-state index in [1.54, 1.807) is 13.3 Å². The van der Waals surface area contributed by atoms with Crippen molar-refractivity contribution < 1.29 is 9.47 Å². The number of benzene rings is 2. The number of anilines is 4. The number of nitriles is 1. The van der Waals surface area contributed by atoms with Gasteiger partial charge >= 0.3 is 0 Å². The van der Waals surface area contributed by atoms with Crippen molar-refractivity contribution in [2.45, 2.75) is 6.92 Å². The Morgan fingerprint density at radius 3 is 2.77 bits per heavy atom. The van der Waals surface area contributed by atoms with Crippen LogP contribution in [0.2, 0.25) is 0 Å². The van der Waals surface area contributed by atoms with Gasteiger partial charge in [0.25, 0.3) is 0 Å². The lowest BCUT2D eigenvalue weighted by Crippen LogP contribution is -2.44. The number of ether oxygens (including phenoxy) is 2. The van der Waals surface area contributed by atoms with Crippen LogP contribution in [0.4, 0.5) is 22.7 Å². The summed E-state index contributed by atoms with van der Waals surface area (Å²) < 4.78 is 10.8. The molecule has 10 heteroatoms. The fourth-order valence-electron chi connectivity index (χ4n) is 4.11. The highest BCUT2D eigenvalue weighted by Crippen LogP contribution is 2.36. The number of hydrogen-bond acceptors (Lipinski definition) is 8. The van der Waals surface area contributed by atoms with Crippen molar-refractivity contribution >= 4 is 51.0 Å². The number of morpholine rings is 1. The molecule has 1 aliphatic rings. The molecule has 2 aromatic carbocycles. The first-order valence-corrected chi connectivity index (χ1v) is 11.7. The molecule has 0 bridgehead atoms. The minimum absolute atomic E-state index is 0.239. The maximum Gasteiger partial charge on any atom is 0.170 e. The van der Waals surface area contributed by atoms with Crippen LogP contribution in [-0.4, -0.2) is 61.5 Å². The number of fused-ring (bicyclic) bond motifs is 1. The van der Waals surface area contributed by atoms with Crippen molar-refractivity contribution in [3.05, 3.63) is 47.7 Å². The Hall–Kier alpha value is -3.65. The number of nitrogens with zero attached hydrogens (tertiary/aromatic N) is 4. The van der Waals surface area contributed by atoms with Crippen molar-refractivity contribution in [1.82, 2.24) is 9.88 Å². The van der Waals surface area contributed by atoms with Crippen molar-refractivity contribution in [3.8, 4) is 11.8 Å². The maximum atomic E-state index is 9.76. The smallest absolute Gasteiger partial charge is 0.170 e. The van der Waals surface area contributed by atoms with Gasteiger partial charge in [-0.1, -0.05) is 6.07 Å². The molecule has 0 aliphatic carbocycles. The van der Waals surface area contributed by atoms with Gasteiger partial charge in [0.1, 0.15) is 11.8 Å². The van der Waals surface area contributed by atoms with Crippen LogP contribution in [-0.2, 0) is 4.74 Å². The number of rotatable bonds is 7. The normalized spacial score (nSPS) is 13.9. The Bertz CT molecular complexity index is 1290. The highest BCUT2D eigenvalue weighted by atomic mass is 32.1. The topological polar surface area (TPSA) is 126 Å². The first-order chi connectivity index (χ1) is 16.9. The molecular formula is C25H29N7O2S. The first kappa shape index (κ1) is 24.5. The summed E-state index contributed by atoms with van der Waals surface area (Å²) in [5, 5.41) is 14.1. The summed E-state index contributed by atoms with van der Waals surface area (Å²) in [4.78, 5) is 8.66. The second-order valence-electron chi connectivity index (χ2n) is 8.34. The summed E-state index contributed by atoms with van der Waals surface area (Å²) in [5.74, 6) is 0.712. The van der Waals surface area contributed by atoms with Crippen LogP contribution in [0.1, 0.15) is 11.1 Å². The molecule has 1 saturated heterocycles. The largest absolute Gasteiger partial charge is 0.497 e. The van der Waals surface area contributed by atoms with Gasteiger partial charge in [0.2, 0.25) is 0 Å². The molecule has 1 aromatic heterocycles. The zero-order chi connectivity index (χ0) is 24.9. The highest BCUT2D eigenvalue weighted by Gasteiger charge is 2.19. The van der Waals surface area contributed by atoms with Crippen molar-refractivity contribution in [2.75, 3.05) is 62.5 Å². The number of pyridine rings is 1. The third-order valence-corrected chi connectivity index (χ3v) is 6.36. The van der Waals surface area contributed by atoms with E-state index in [1.807, 2.05) is 42.2 Å². The van der Waals surface area contributed by atoms with E-state index in [-0.39, 0.29) is 5.11 Å². The number of methoxy groups -OCH3 is 1. The summed E-state index contributed by atoms with van der Waals surface area (Å²) in [6.07, 6.45) is 1.55. The van der Waals surface area contributed by atoms with Crippen LogP contribution >= 0.6 is 12.2 Å². The van der Waals surface area contributed by atoms with E-state index in [4.69, 9.17) is 33.2 Å². The lowest BCUT2D eigenvalue weighted by molar-refractivity contribution is 0.0394. The number of nitrogens with one attached hydrogen (secondary N) is 1. The number of nitrogens with two attached hydrogens (primary N) is 2. The van der Waals surface area contributed by atoms with E-state index in [0.717, 1.165) is 49.5 Å². The average Bonchev–Trinajstić information content (AvgIpc) is 2.86. The Labute approximate surface area is 210 Å². The number of thiocarbonyl (C=S) groups is 1. The first-order valence-electron chi connectivity index (χ1n) is 11.3. The Balaban J connectivity index is 1.71. The van der Waals surface area contributed by atoms with Crippen LogP contribution < -0.4 is 26.4 Å². The molecule has 9 nitrogen and oxygen atoms in total. The Morgan fingerprint density at radius 2 is 2.09 bits per heavy atom. The number of nitrogen functional groups attached to an aromatic ring is 1. The monoisotopic (exact) mass is 491 g/mol. The summed E-state index contributed by atoms with van der Waals surface area (Å²) in [5.41, 5.74) is 17.3. The SMILES string of the molecule is COc1ccc(C)c(Nc2c(C#N)cnc3cc(N(CCN4CCOCC4)C(N)=S)c(N)cc23)c1. The standard InChI is InChI=1S/C25H29N7O2S/c1-16-3-4-18(33-2)11-21(16)30-24-17(14-26)15-29-22-13-23(20(27)12-19(22)24)32(25(28)35)6-5-31-7-9-34-10-8-31/h3-4,11-13,15H,5-10,27H2,1-2H3,(H2,28,35)(H,29,30). The zero-order valence-electron chi connectivity index (χ0n) is 19.9. The van der Waals surface area contributed by atoms with E-state index < -0.39 is 0 Å². The second kappa shape index (κ2) is 10.7. The van der Waals surface area contributed by atoms with Crippen LogP contribution in [0.3, 0.4) is 0 Å². The summed E-state index contributed by atoms with van der Waals surface area (Å²) >= 11 is 5.36. The number of aryl methyl sites for hydroxylation is 1. The third kappa shape index (κ3) is 5.38. The molecule has 0 atom stereocenters. The molecule has 1 fully saturated rings. The van der Waals surface area contributed by atoms with Gasteiger partial charge in [-0.25, -0.2) is 0 Å². The van der Waals surface area contributed by atoms with E-state index in [0.29, 0.717) is 40.4 Å². The molecule has 5 N–H and O–H groups in total. The Morgan fingerprint density at radius 1 is 1.31 bits per heavy atom. The minimum atomic E-state index is 0.239. The molecule has 0 unspecified atom stereocenters. The lowest BCUT2D eigenvalue weighted by atomic mass is 10.1. The van der Waals surface area contributed by atoms with Crippen LogP contribution in [0.15, 0.2) is 36.5 Å². The molecule has 3 aromatic rings. The molecular weight excluding hydrogens is 462 g/mol. The molecule has 0 amide bonds. The van der Waals surface area contributed by atoms with Gasteiger partial charge in [-0.3, -0.25) is 9.88 Å². The van der Waals surface area contributed by atoms with Gasteiger partial charge < -0.3 is 31.2 Å². The predicted octanol–water partition coefficient (Wildman–Crippen LogP) is 3.13. The van der Waals surface area contributed by atoms with Gasteiger partial charge in [0, 0.05) is 49.5 Å². The van der Waals surface area contributed by atoms with Gasteiger partial charge in [0.05, 0.1) is 48.5 Å². The van der Waals surface area contributed by atoms with Crippen molar-refractivity contribution in [3.63, 3.8) is 0 Å². The van der Waals surface area contributed by atoms with Gasteiger partial charge in [-0.2, -0.15) is 5.26 Å². The molecule has 0 spiro atoms. The molecule has 1 aliphatic heterocycles. The van der Waals surface area contributed by atoms with Crippen molar-refractivity contribution in [1.29, 1.82) is 5.26 Å². The number of aromatic nitrogens is 1. The molecule has 4 rings (SSSR count). The predicted molar refractivity (Wildman–Crippen MR) is 143 cm³/mol. The lowest BCUT2D eigenvalue weighted by Gasteiger charge is -2.31. The highest BCUT2D eigenvalue weighted by molar-refractivity contribution is 7.80. The van der Waals surface area contributed by atoms with Gasteiger partial charge in [-0.05, 0) is 42.9 Å². The van der Waals surface area contributed by atoms with Crippen LogP contribution in [0, 0.1) is 18.3 Å². The fraction of sp³-hybridized carbons (Fsp3) is 0.320. The summed E-state index contributed by atoms with van der Waals surface area (Å²) in [7, 11) is 1.62. The van der Waals surface area contributed by atoms with Crippen molar-refractivity contribution in [2.24, 2.45) is 5.73 Å². The molecule has 182 valence electrons. The van der Waals surface area contributed by atoms with E-state index >= 15 is 0 Å². The van der Waals surface area contributed by atoms with Crippen LogP contribution in [0.25, 0.3) is 10.9 Å². The maximum absolute atomic E-state index is 9.76. The fourth-order valence-corrected chi connectivity index (χ4v) is 4.30. The summed E-state index contributed by atoms with van der Waals surface area (Å²) in [6.45, 7) is 6.54. The number of hydrogen-bond donors (Lipinski definition) is 3. The van der Waals surface area contributed by atoms with E-state index in [9.17, 15) is 5.26 Å². The van der Waals surface area contributed by atoms with Gasteiger partial charge in [0.15, 0.2) is 5.11 Å². The molecule has 0 saturated carbocycles. The van der Waals surface area contributed by atoms with E-state index in [2.05, 4.69) is 21.3 Å². The summed E-state index contributed by atoms with van der Waals surface area (Å²) in [6, 6.07) is 11.6. The van der Waals surface area contributed by atoms with E-state index in [1.165, 1.54) is 0 Å².